The highest BCUT2D eigenvalue weighted by Crippen LogP contribution is 2.26. The molecule has 3 aromatic rings. The Morgan fingerprint density at radius 1 is 1.09 bits per heavy atom. The fraction of sp³-hybridized carbons (Fsp3) is 0.308. The van der Waals surface area contributed by atoms with Gasteiger partial charge in [-0.1, -0.05) is 35.9 Å². The molecule has 0 saturated carbocycles. The summed E-state index contributed by atoms with van der Waals surface area (Å²) in [6.07, 6.45) is 4.52. The second kappa shape index (κ2) is 12.8. The largest absolute Gasteiger partial charge is 0.466 e. The van der Waals surface area contributed by atoms with E-state index in [4.69, 9.17) is 16.3 Å². The number of nitrogens with one attached hydrogen (secondary N) is 1. The number of nitrogens with zero attached hydrogens (tertiary/aromatic N) is 1. The topological polar surface area (TPSA) is 106 Å². The molecular formula is C26H29ClN2O5S. The Morgan fingerprint density at radius 2 is 1.80 bits per heavy atom. The van der Waals surface area contributed by atoms with Crippen molar-refractivity contribution in [2.45, 2.75) is 37.0 Å². The van der Waals surface area contributed by atoms with Crippen molar-refractivity contribution >= 4 is 27.6 Å². The maximum atomic E-state index is 12.6. The average molecular weight is 517 g/mol. The first-order valence-electron chi connectivity index (χ1n) is 11.4. The normalized spacial score (nSPS) is 12.3. The van der Waals surface area contributed by atoms with Crippen molar-refractivity contribution in [2.75, 3.05) is 19.8 Å². The van der Waals surface area contributed by atoms with Gasteiger partial charge in [0, 0.05) is 36.3 Å². The molecule has 1 heterocycles. The smallest absolute Gasteiger partial charge is 0.306 e. The van der Waals surface area contributed by atoms with Gasteiger partial charge in [0.2, 0.25) is 10.0 Å². The fourth-order valence-corrected chi connectivity index (χ4v) is 4.93. The number of hydrogen-bond donors (Lipinski definition) is 2. The molecule has 186 valence electrons. The first kappa shape index (κ1) is 26.8. The number of aliphatic hydroxyl groups is 1. The number of aromatic nitrogens is 1. The van der Waals surface area contributed by atoms with Crippen LogP contribution in [0.2, 0.25) is 5.02 Å². The number of aryl methyl sites for hydroxylation is 1. The van der Waals surface area contributed by atoms with E-state index in [1.807, 2.05) is 30.3 Å². The van der Waals surface area contributed by atoms with Crippen molar-refractivity contribution in [3.8, 4) is 0 Å². The lowest BCUT2D eigenvalue weighted by Gasteiger charge is -2.18. The van der Waals surface area contributed by atoms with Gasteiger partial charge in [-0.3, -0.25) is 9.78 Å². The standard InChI is InChI=1S/C26H29ClN2O5S/c1-2-34-26(31)10-5-19-14-20(11-13-29-35(32,33)24-8-6-23(27)7-9-24)16-22(15-19)25(18-30)21-4-3-12-28-17-21/h3-4,6-9,12,14-17,25,29-30H,2,5,10-11,13,18H2,1H3. The van der Waals surface area contributed by atoms with Crippen molar-refractivity contribution in [2.24, 2.45) is 0 Å². The minimum absolute atomic E-state index is 0.115. The van der Waals surface area contributed by atoms with Crippen LogP contribution in [0.15, 0.2) is 71.9 Å². The van der Waals surface area contributed by atoms with E-state index in [9.17, 15) is 18.3 Å². The molecule has 0 radical (unpaired) electrons. The molecule has 1 unspecified atom stereocenters. The molecule has 7 nitrogen and oxygen atoms in total. The summed E-state index contributed by atoms with van der Waals surface area (Å²) in [6.45, 7) is 2.16. The second-order valence-electron chi connectivity index (χ2n) is 8.01. The molecule has 0 spiro atoms. The first-order valence-corrected chi connectivity index (χ1v) is 13.2. The van der Waals surface area contributed by atoms with E-state index < -0.39 is 10.0 Å². The van der Waals surface area contributed by atoms with Gasteiger partial charge in [0.1, 0.15) is 0 Å². The maximum absolute atomic E-state index is 12.6. The molecule has 0 aliphatic carbocycles. The van der Waals surface area contributed by atoms with E-state index in [1.54, 1.807) is 19.3 Å². The molecule has 2 aromatic carbocycles. The number of esters is 1. The third-order valence-corrected chi connectivity index (χ3v) is 7.23. The predicted octanol–water partition coefficient (Wildman–Crippen LogP) is 3.88. The number of pyridine rings is 1. The highest BCUT2D eigenvalue weighted by molar-refractivity contribution is 7.89. The van der Waals surface area contributed by atoms with Crippen LogP contribution >= 0.6 is 11.6 Å². The Kier molecular flexibility index (Phi) is 9.80. The van der Waals surface area contributed by atoms with E-state index in [2.05, 4.69) is 9.71 Å². The minimum Gasteiger partial charge on any atom is -0.466 e. The molecule has 1 aromatic heterocycles. The van der Waals surface area contributed by atoms with Crippen molar-refractivity contribution in [3.63, 3.8) is 0 Å². The van der Waals surface area contributed by atoms with Gasteiger partial charge in [-0.15, -0.1) is 0 Å². The maximum Gasteiger partial charge on any atom is 0.306 e. The van der Waals surface area contributed by atoms with Crippen LogP contribution in [0, 0.1) is 0 Å². The molecule has 0 amide bonds. The van der Waals surface area contributed by atoms with Crippen LogP contribution in [-0.4, -0.2) is 44.2 Å². The average Bonchev–Trinajstić information content (AvgIpc) is 2.84. The zero-order valence-corrected chi connectivity index (χ0v) is 21.1. The summed E-state index contributed by atoms with van der Waals surface area (Å²) in [5.74, 6) is -0.572. The van der Waals surface area contributed by atoms with E-state index >= 15 is 0 Å². The molecule has 1 atom stereocenters. The highest BCUT2D eigenvalue weighted by atomic mass is 35.5. The van der Waals surface area contributed by atoms with Crippen molar-refractivity contribution in [1.82, 2.24) is 9.71 Å². The molecule has 0 aliphatic heterocycles. The van der Waals surface area contributed by atoms with Crippen LogP contribution in [-0.2, 0) is 32.4 Å². The summed E-state index contributed by atoms with van der Waals surface area (Å²) < 4.78 is 32.9. The van der Waals surface area contributed by atoms with Crippen LogP contribution < -0.4 is 4.72 Å². The van der Waals surface area contributed by atoms with Gasteiger partial charge in [0.15, 0.2) is 0 Å². The first-order chi connectivity index (χ1) is 16.8. The number of carbonyl (C=O) groups is 1. The number of benzene rings is 2. The summed E-state index contributed by atoms with van der Waals surface area (Å²) >= 11 is 5.85. The lowest BCUT2D eigenvalue weighted by molar-refractivity contribution is -0.143. The molecule has 35 heavy (non-hydrogen) atoms. The molecule has 0 saturated heterocycles. The summed E-state index contributed by atoms with van der Waals surface area (Å²) in [4.78, 5) is 16.2. The van der Waals surface area contributed by atoms with Gasteiger partial charge >= 0.3 is 5.97 Å². The third-order valence-electron chi connectivity index (χ3n) is 5.50. The van der Waals surface area contributed by atoms with E-state index in [-0.39, 0.29) is 36.4 Å². The number of sulfonamides is 1. The Labute approximate surface area is 211 Å². The van der Waals surface area contributed by atoms with Crippen molar-refractivity contribution in [1.29, 1.82) is 0 Å². The SMILES string of the molecule is CCOC(=O)CCc1cc(CCNS(=O)(=O)c2ccc(Cl)cc2)cc(C(CO)c2cccnc2)c1. The zero-order valence-electron chi connectivity index (χ0n) is 19.5. The van der Waals surface area contributed by atoms with E-state index in [0.29, 0.717) is 24.5 Å². The van der Waals surface area contributed by atoms with Crippen molar-refractivity contribution in [3.05, 3.63) is 94.3 Å². The third kappa shape index (κ3) is 7.86. The Morgan fingerprint density at radius 3 is 2.43 bits per heavy atom. The molecular weight excluding hydrogens is 488 g/mol. The molecule has 0 bridgehead atoms. The monoisotopic (exact) mass is 516 g/mol. The summed E-state index contributed by atoms with van der Waals surface area (Å²) in [7, 11) is -3.68. The Hall–Kier alpha value is -2.78. The zero-order chi connectivity index (χ0) is 25.3. The molecule has 0 aliphatic rings. The number of aliphatic hydroxyl groups excluding tert-OH is 1. The fourth-order valence-electron chi connectivity index (χ4n) is 3.77. The molecule has 0 fully saturated rings. The number of hydrogen-bond acceptors (Lipinski definition) is 6. The number of carbonyl (C=O) groups excluding carboxylic acids is 1. The predicted molar refractivity (Wildman–Crippen MR) is 135 cm³/mol. The summed E-state index contributed by atoms with van der Waals surface area (Å²) in [5.41, 5.74) is 3.54. The molecule has 9 heteroatoms. The van der Waals surface area contributed by atoms with Gasteiger partial charge < -0.3 is 9.84 Å². The quantitative estimate of drug-likeness (QED) is 0.354. The van der Waals surface area contributed by atoms with E-state index in [0.717, 1.165) is 22.3 Å². The second-order valence-corrected chi connectivity index (χ2v) is 10.2. The van der Waals surface area contributed by atoms with Crippen LogP contribution in [0.1, 0.15) is 41.5 Å². The Bertz CT molecular complexity index is 1220. The van der Waals surface area contributed by atoms with E-state index in [1.165, 1.54) is 24.3 Å². The lowest BCUT2D eigenvalue weighted by atomic mass is 9.89. The van der Waals surface area contributed by atoms with Crippen LogP contribution in [0.3, 0.4) is 0 Å². The highest BCUT2D eigenvalue weighted by Gasteiger charge is 2.17. The van der Waals surface area contributed by atoms with Gasteiger partial charge in [0.05, 0.1) is 18.1 Å². The van der Waals surface area contributed by atoms with Gasteiger partial charge in [-0.25, -0.2) is 13.1 Å². The number of ether oxygens (including phenoxy) is 1. The molecule has 2 N–H and O–H groups in total. The molecule has 3 rings (SSSR count). The van der Waals surface area contributed by atoms with Crippen molar-refractivity contribution < 1.29 is 23.1 Å². The van der Waals surface area contributed by atoms with Crippen LogP contribution in [0.4, 0.5) is 0 Å². The number of halogens is 1. The summed E-state index contributed by atoms with van der Waals surface area (Å²) in [5, 5.41) is 10.6. The van der Waals surface area contributed by atoms with Crippen LogP contribution in [0.5, 0.6) is 0 Å². The van der Waals surface area contributed by atoms with Gasteiger partial charge in [-0.2, -0.15) is 0 Å². The number of rotatable bonds is 12. The van der Waals surface area contributed by atoms with Gasteiger partial charge in [-0.05, 0) is 72.4 Å². The van der Waals surface area contributed by atoms with Crippen LogP contribution in [0.25, 0.3) is 0 Å². The minimum atomic E-state index is -3.68. The Balaban J connectivity index is 1.80. The summed E-state index contributed by atoms with van der Waals surface area (Å²) in [6, 6.07) is 15.6. The lowest BCUT2D eigenvalue weighted by Crippen LogP contribution is -2.26. The van der Waals surface area contributed by atoms with Gasteiger partial charge in [0.25, 0.3) is 0 Å².